The van der Waals surface area contributed by atoms with Crippen molar-refractivity contribution in [1.82, 2.24) is 0 Å². The molecule has 1 aromatic carbocycles. The first-order valence-corrected chi connectivity index (χ1v) is 6.43. The number of hydrogen-bond donors (Lipinski definition) is 1. The van der Waals surface area contributed by atoms with Crippen LogP contribution in [0.1, 0.15) is 30.9 Å². The minimum absolute atomic E-state index is 0.152. The minimum Gasteiger partial charge on any atom is -0.494 e. The van der Waals surface area contributed by atoms with E-state index >= 15 is 0 Å². The molecule has 2 bridgehead atoms. The van der Waals surface area contributed by atoms with E-state index < -0.39 is 0 Å². The van der Waals surface area contributed by atoms with Crippen LogP contribution in [0, 0.1) is 11.7 Å². The van der Waals surface area contributed by atoms with Crippen LogP contribution in [0.15, 0.2) is 18.2 Å². The van der Waals surface area contributed by atoms with Crippen molar-refractivity contribution in [2.24, 2.45) is 11.7 Å². The topological polar surface area (TPSA) is 44.5 Å². The van der Waals surface area contributed by atoms with Gasteiger partial charge in [-0.15, -0.1) is 0 Å². The summed E-state index contributed by atoms with van der Waals surface area (Å²) in [5.74, 6) is 0.223. The zero-order valence-electron chi connectivity index (χ0n) is 10.4. The van der Waals surface area contributed by atoms with Gasteiger partial charge in [0.15, 0.2) is 11.6 Å². The third-order valence-corrected chi connectivity index (χ3v) is 4.18. The third kappa shape index (κ3) is 1.89. The third-order valence-electron chi connectivity index (χ3n) is 4.18. The highest BCUT2D eigenvalue weighted by Gasteiger charge is 2.43. The fraction of sp³-hybridized carbons (Fsp3) is 0.571. The highest BCUT2D eigenvalue weighted by atomic mass is 19.1. The summed E-state index contributed by atoms with van der Waals surface area (Å²) in [7, 11) is 1.46. The van der Waals surface area contributed by atoms with Gasteiger partial charge in [-0.05, 0) is 37.0 Å². The van der Waals surface area contributed by atoms with Crippen molar-refractivity contribution in [3.8, 4) is 5.75 Å². The smallest absolute Gasteiger partial charge is 0.165 e. The van der Waals surface area contributed by atoms with Crippen LogP contribution in [-0.2, 0) is 4.74 Å². The van der Waals surface area contributed by atoms with Crippen molar-refractivity contribution in [2.45, 2.75) is 37.5 Å². The molecule has 0 aliphatic carbocycles. The largest absolute Gasteiger partial charge is 0.494 e. The van der Waals surface area contributed by atoms with Crippen molar-refractivity contribution in [2.75, 3.05) is 7.11 Å². The van der Waals surface area contributed by atoms with E-state index in [-0.39, 0.29) is 23.7 Å². The van der Waals surface area contributed by atoms with Gasteiger partial charge in [-0.25, -0.2) is 4.39 Å². The molecular weight excluding hydrogens is 233 g/mol. The minimum atomic E-state index is -0.352. The normalized spacial score (nSPS) is 31.6. The predicted octanol–water partition coefficient (Wildman–Crippen LogP) is 2.40. The van der Waals surface area contributed by atoms with Crippen molar-refractivity contribution in [3.63, 3.8) is 0 Å². The number of benzene rings is 1. The van der Waals surface area contributed by atoms with Crippen LogP contribution in [0.2, 0.25) is 0 Å². The molecule has 4 atom stereocenters. The van der Waals surface area contributed by atoms with Crippen LogP contribution < -0.4 is 10.5 Å². The average Bonchev–Trinajstić information content (AvgIpc) is 3.00. The summed E-state index contributed by atoms with van der Waals surface area (Å²) in [6.45, 7) is 0. The second-order valence-electron chi connectivity index (χ2n) is 5.19. The number of ether oxygens (including phenoxy) is 2. The quantitative estimate of drug-likeness (QED) is 0.897. The van der Waals surface area contributed by atoms with E-state index in [1.54, 1.807) is 6.07 Å². The summed E-state index contributed by atoms with van der Waals surface area (Å²) in [6.07, 6.45) is 3.86. The summed E-state index contributed by atoms with van der Waals surface area (Å²) in [5, 5.41) is 0. The first-order valence-electron chi connectivity index (χ1n) is 6.43. The Bertz CT molecular complexity index is 451. The van der Waals surface area contributed by atoms with Crippen LogP contribution in [0.5, 0.6) is 5.75 Å². The molecule has 3 rings (SSSR count). The molecule has 3 nitrogen and oxygen atoms in total. The van der Waals surface area contributed by atoms with Gasteiger partial charge in [0, 0.05) is 12.0 Å². The van der Waals surface area contributed by atoms with Crippen molar-refractivity contribution in [1.29, 1.82) is 0 Å². The van der Waals surface area contributed by atoms with Gasteiger partial charge in [-0.1, -0.05) is 6.07 Å². The Hall–Kier alpha value is -1.13. The lowest BCUT2D eigenvalue weighted by Crippen LogP contribution is -2.29. The molecule has 2 aliphatic rings. The number of hydrogen-bond acceptors (Lipinski definition) is 3. The van der Waals surface area contributed by atoms with E-state index in [0.717, 1.165) is 24.8 Å². The Labute approximate surface area is 106 Å². The maximum absolute atomic E-state index is 13.7. The standard InChI is InChI=1S/C14H18FNO2/c1-17-13-4-2-8(6-11(13)15)14(16)10-7-9-3-5-12(10)18-9/h2,4,6,9-10,12,14H,3,5,7,16H2,1H3. The van der Waals surface area contributed by atoms with Crippen LogP contribution in [0.3, 0.4) is 0 Å². The Kier molecular flexibility index (Phi) is 2.99. The number of nitrogens with two attached hydrogens (primary N) is 1. The Morgan fingerprint density at radius 1 is 1.44 bits per heavy atom. The van der Waals surface area contributed by atoms with Gasteiger partial charge in [0.25, 0.3) is 0 Å². The number of fused-ring (bicyclic) bond motifs is 2. The van der Waals surface area contributed by atoms with Crippen molar-refractivity contribution >= 4 is 0 Å². The molecule has 1 aromatic rings. The number of halogens is 1. The molecule has 2 fully saturated rings. The van der Waals surface area contributed by atoms with E-state index in [0.29, 0.717) is 12.0 Å². The van der Waals surface area contributed by atoms with Crippen LogP contribution in [0.4, 0.5) is 4.39 Å². The molecule has 2 N–H and O–H groups in total. The highest BCUT2D eigenvalue weighted by Crippen LogP contribution is 2.44. The fourth-order valence-electron chi connectivity index (χ4n) is 3.19. The average molecular weight is 251 g/mol. The zero-order chi connectivity index (χ0) is 12.7. The Morgan fingerprint density at radius 2 is 2.28 bits per heavy atom. The van der Waals surface area contributed by atoms with Gasteiger partial charge in [-0.2, -0.15) is 0 Å². The monoisotopic (exact) mass is 251 g/mol. The molecule has 2 heterocycles. The molecule has 2 saturated heterocycles. The highest BCUT2D eigenvalue weighted by molar-refractivity contribution is 5.31. The Balaban J connectivity index is 1.80. The van der Waals surface area contributed by atoms with Crippen LogP contribution in [0.25, 0.3) is 0 Å². The van der Waals surface area contributed by atoms with Gasteiger partial charge in [-0.3, -0.25) is 0 Å². The summed E-state index contributed by atoms with van der Waals surface area (Å²) >= 11 is 0. The number of rotatable bonds is 3. The predicted molar refractivity (Wildman–Crippen MR) is 65.9 cm³/mol. The van der Waals surface area contributed by atoms with Gasteiger partial charge >= 0.3 is 0 Å². The summed E-state index contributed by atoms with van der Waals surface area (Å²) < 4.78 is 24.4. The molecule has 0 saturated carbocycles. The number of methoxy groups -OCH3 is 1. The SMILES string of the molecule is COc1ccc(C(N)C2CC3CCC2O3)cc1F. The molecule has 98 valence electrons. The first kappa shape index (κ1) is 11.9. The summed E-state index contributed by atoms with van der Waals surface area (Å²) in [4.78, 5) is 0. The second-order valence-corrected chi connectivity index (χ2v) is 5.19. The second kappa shape index (κ2) is 4.52. The summed E-state index contributed by atoms with van der Waals surface area (Å²) in [6, 6.07) is 4.81. The van der Waals surface area contributed by atoms with Crippen LogP contribution in [-0.4, -0.2) is 19.3 Å². The molecule has 4 unspecified atom stereocenters. The van der Waals surface area contributed by atoms with Crippen molar-refractivity contribution in [3.05, 3.63) is 29.6 Å². The van der Waals surface area contributed by atoms with Gasteiger partial charge < -0.3 is 15.2 Å². The van der Waals surface area contributed by atoms with E-state index in [1.165, 1.54) is 13.2 Å². The molecule has 0 radical (unpaired) electrons. The van der Waals surface area contributed by atoms with Gasteiger partial charge in [0.1, 0.15) is 0 Å². The lowest BCUT2D eigenvalue weighted by Gasteiger charge is -2.25. The van der Waals surface area contributed by atoms with Crippen LogP contribution >= 0.6 is 0 Å². The molecule has 2 aliphatic heterocycles. The first-order chi connectivity index (χ1) is 8.69. The van der Waals surface area contributed by atoms with E-state index in [2.05, 4.69) is 0 Å². The van der Waals surface area contributed by atoms with Crippen molar-refractivity contribution < 1.29 is 13.9 Å². The Morgan fingerprint density at radius 3 is 2.83 bits per heavy atom. The lowest BCUT2D eigenvalue weighted by molar-refractivity contribution is 0.0884. The van der Waals surface area contributed by atoms with Gasteiger partial charge in [0.05, 0.1) is 19.3 Å². The van der Waals surface area contributed by atoms with E-state index in [1.807, 2.05) is 6.07 Å². The summed E-state index contributed by atoms with van der Waals surface area (Å²) in [5.41, 5.74) is 7.09. The maximum atomic E-state index is 13.7. The molecule has 0 amide bonds. The molecule has 0 aromatic heterocycles. The van der Waals surface area contributed by atoms with E-state index in [9.17, 15) is 4.39 Å². The molecule has 4 heteroatoms. The van der Waals surface area contributed by atoms with Gasteiger partial charge in [0.2, 0.25) is 0 Å². The fourth-order valence-corrected chi connectivity index (χ4v) is 3.19. The maximum Gasteiger partial charge on any atom is 0.165 e. The zero-order valence-corrected chi connectivity index (χ0v) is 10.4. The molecule has 0 spiro atoms. The molecule has 18 heavy (non-hydrogen) atoms. The molecular formula is C14H18FNO2. The van der Waals surface area contributed by atoms with E-state index in [4.69, 9.17) is 15.2 Å². The lowest BCUT2D eigenvalue weighted by atomic mass is 9.81.